The lowest BCUT2D eigenvalue weighted by Crippen LogP contribution is -2.65. The highest BCUT2D eigenvalue weighted by atomic mass is 16.7. The maximum atomic E-state index is 13.6. The molecule has 0 saturated carbocycles. The Hall–Kier alpha value is -4.89. The fraction of sp³-hybridized carbons (Fsp3) is 0.849. The van der Waals surface area contributed by atoms with E-state index in [0.717, 1.165) is 38.5 Å². The summed E-state index contributed by atoms with van der Waals surface area (Å²) in [4.78, 5) is 102. The lowest BCUT2D eigenvalue weighted by molar-refractivity contribution is -0.272. The number of nitrogens with zero attached hydrogens (tertiary/aromatic N) is 3. The van der Waals surface area contributed by atoms with E-state index in [9.17, 15) is 38.4 Å². The quantitative estimate of drug-likeness (QED) is 0.0124. The van der Waals surface area contributed by atoms with Gasteiger partial charge in [-0.05, 0) is 94.4 Å². The molecule has 10 unspecified atom stereocenters. The second-order valence-corrected chi connectivity index (χ2v) is 20.0. The molecule has 428 valence electrons. The molecule has 0 bridgehead atoms. The number of ketones is 1. The molecule has 2 fully saturated rings. The predicted molar refractivity (Wildman–Crippen MR) is 277 cm³/mol. The summed E-state index contributed by atoms with van der Waals surface area (Å²) >= 11 is 0. The molecular weight excluding hydrogens is 975 g/mol. The van der Waals surface area contributed by atoms with Gasteiger partial charge >= 0.3 is 17.9 Å². The number of esters is 3. The molecule has 2 aliphatic rings. The summed E-state index contributed by atoms with van der Waals surface area (Å²) in [7, 11) is 0. The molecule has 2 aliphatic heterocycles. The first-order valence-corrected chi connectivity index (χ1v) is 27.5. The Morgan fingerprint density at radius 1 is 0.587 bits per heavy atom. The Labute approximate surface area is 444 Å². The summed E-state index contributed by atoms with van der Waals surface area (Å²) in [6, 6.07) is -1.63. The van der Waals surface area contributed by atoms with Crippen LogP contribution in [0.15, 0.2) is 5.11 Å². The van der Waals surface area contributed by atoms with Crippen LogP contribution in [0.5, 0.6) is 0 Å². The zero-order chi connectivity index (χ0) is 55.5. The Morgan fingerprint density at radius 3 is 1.71 bits per heavy atom. The minimum atomic E-state index is -1.05. The number of carbonyl (C=O) groups excluding carboxylic acids is 8. The number of Topliss-reactive ketones (excluding diaryl/α,β-unsaturated/α-hetero) is 1. The largest absolute Gasteiger partial charge is 0.463 e. The standard InChI is InChI=1S/C53H91N7O15/c1-9-44-50(72-40(7)63)51(73-41(8)64)49(58-38(5)61)53(74-44)70-33-22-17-27-47(67)56-30-21-16-24-42(43(65)25-14-10-11-15-26-46(66)55-29-19-12-13-20-31-57-60-54)59-48(68)28-18-23-32-69-52-37(4)35(2)36(3)45(75-52)34-71-39(6)62/h35-37,42,44-45,49-53H,9-34H2,1-8H3,(H,55,66)(H,56,67)(H,58,61)(H,59,68)/t35?,36?,37?,42-,44?,45?,49?,50?,51?,52?,53?/m1/s1. The van der Waals surface area contributed by atoms with Gasteiger partial charge < -0.3 is 54.4 Å². The number of ether oxygens (including phenoxy) is 7. The molecule has 4 amide bonds. The van der Waals surface area contributed by atoms with E-state index in [1.807, 2.05) is 6.92 Å². The highest BCUT2D eigenvalue weighted by molar-refractivity contribution is 5.89. The summed E-state index contributed by atoms with van der Waals surface area (Å²) < 4.78 is 40.6. The molecule has 11 atom stereocenters. The molecule has 4 N–H and O–H groups in total. The van der Waals surface area contributed by atoms with Crippen molar-refractivity contribution in [1.82, 2.24) is 21.3 Å². The van der Waals surface area contributed by atoms with Crippen LogP contribution in [0.4, 0.5) is 0 Å². The van der Waals surface area contributed by atoms with Gasteiger partial charge in [-0.2, -0.15) is 0 Å². The van der Waals surface area contributed by atoms with Crippen molar-refractivity contribution in [3.05, 3.63) is 10.4 Å². The van der Waals surface area contributed by atoms with Crippen LogP contribution in [0, 0.1) is 17.8 Å². The lowest BCUT2D eigenvalue weighted by atomic mass is 9.79. The van der Waals surface area contributed by atoms with Gasteiger partial charge in [0.05, 0.1) is 12.1 Å². The summed E-state index contributed by atoms with van der Waals surface area (Å²) in [5.41, 5.74) is 8.36. The summed E-state index contributed by atoms with van der Waals surface area (Å²) in [6.07, 6.45) is 7.33. The molecule has 2 rings (SSSR count). The second-order valence-electron chi connectivity index (χ2n) is 20.0. The van der Waals surface area contributed by atoms with E-state index in [1.54, 1.807) is 0 Å². The van der Waals surface area contributed by atoms with Crippen molar-refractivity contribution >= 4 is 47.3 Å². The zero-order valence-corrected chi connectivity index (χ0v) is 46.2. The van der Waals surface area contributed by atoms with Gasteiger partial charge in [0, 0.05) is 97.1 Å². The lowest BCUT2D eigenvalue weighted by Gasteiger charge is -2.45. The average Bonchev–Trinajstić information content (AvgIpc) is 3.35. The number of carbonyl (C=O) groups is 8. The van der Waals surface area contributed by atoms with E-state index in [4.69, 9.17) is 38.7 Å². The molecule has 22 nitrogen and oxygen atoms in total. The van der Waals surface area contributed by atoms with Crippen LogP contribution >= 0.6 is 0 Å². The van der Waals surface area contributed by atoms with Gasteiger partial charge in [0.15, 0.2) is 30.6 Å². The topological polar surface area (TPSA) is 298 Å². The van der Waals surface area contributed by atoms with Crippen LogP contribution < -0.4 is 21.3 Å². The Morgan fingerprint density at radius 2 is 1.12 bits per heavy atom. The van der Waals surface area contributed by atoms with Crippen molar-refractivity contribution in [2.75, 3.05) is 39.5 Å². The van der Waals surface area contributed by atoms with Crippen molar-refractivity contribution in [2.24, 2.45) is 22.9 Å². The number of hydrogen-bond donors (Lipinski definition) is 4. The minimum Gasteiger partial charge on any atom is -0.463 e. The molecule has 2 saturated heterocycles. The van der Waals surface area contributed by atoms with Crippen LogP contribution in [-0.4, -0.2) is 136 Å². The number of unbranched alkanes of at least 4 members (excludes halogenated alkanes) is 9. The van der Waals surface area contributed by atoms with Crippen molar-refractivity contribution in [3.63, 3.8) is 0 Å². The first-order chi connectivity index (χ1) is 35.9. The van der Waals surface area contributed by atoms with E-state index in [0.29, 0.717) is 103 Å². The predicted octanol–water partition coefficient (Wildman–Crippen LogP) is 6.73. The maximum absolute atomic E-state index is 13.6. The Bertz CT molecular complexity index is 1800. The van der Waals surface area contributed by atoms with Gasteiger partial charge in [-0.1, -0.05) is 58.5 Å². The highest BCUT2D eigenvalue weighted by Gasteiger charge is 2.50. The number of nitrogens with one attached hydrogen (secondary N) is 4. The molecule has 0 aromatic heterocycles. The van der Waals surface area contributed by atoms with Crippen LogP contribution in [0.2, 0.25) is 0 Å². The smallest absolute Gasteiger partial charge is 0.303 e. The van der Waals surface area contributed by atoms with Crippen LogP contribution in [-0.2, 0) is 71.5 Å². The normalized spacial score (nSPS) is 23.6. The van der Waals surface area contributed by atoms with Gasteiger partial charge in [-0.3, -0.25) is 38.4 Å². The molecular formula is C53H91N7O15. The summed E-state index contributed by atoms with van der Waals surface area (Å²) in [6.45, 7) is 15.4. The van der Waals surface area contributed by atoms with Crippen LogP contribution in [0.1, 0.15) is 184 Å². The summed E-state index contributed by atoms with van der Waals surface area (Å²) in [5, 5.41) is 15.1. The van der Waals surface area contributed by atoms with Crippen LogP contribution in [0.25, 0.3) is 10.4 Å². The number of azide groups is 1. The minimum absolute atomic E-state index is 0.00670. The van der Waals surface area contributed by atoms with E-state index < -0.39 is 60.8 Å². The van der Waals surface area contributed by atoms with E-state index in [1.165, 1.54) is 27.7 Å². The van der Waals surface area contributed by atoms with Crippen molar-refractivity contribution < 1.29 is 71.5 Å². The van der Waals surface area contributed by atoms with Gasteiger partial charge in [0.1, 0.15) is 18.8 Å². The van der Waals surface area contributed by atoms with Crippen LogP contribution in [0.3, 0.4) is 0 Å². The van der Waals surface area contributed by atoms with E-state index >= 15 is 0 Å². The molecule has 22 heteroatoms. The number of rotatable bonds is 39. The van der Waals surface area contributed by atoms with Gasteiger partial charge in [0.25, 0.3) is 0 Å². The third-order valence-electron chi connectivity index (χ3n) is 13.7. The Balaban J connectivity index is 1.84. The Kier molecular flexibility index (Phi) is 34.1. The number of amides is 4. The summed E-state index contributed by atoms with van der Waals surface area (Å²) in [5.74, 6) is -1.85. The average molecular weight is 1070 g/mol. The van der Waals surface area contributed by atoms with Gasteiger partial charge in [-0.15, -0.1) is 0 Å². The molecule has 2 heterocycles. The van der Waals surface area contributed by atoms with E-state index in [-0.39, 0.29) is 79.4 Å². The monoisotopic (exact) mass is 1070 g/mol. The van der Waals surface area contributed by atoms with Crippen molar-refractivity contribution in [1.29, 1.82) is 0 Å². The third kappa shape index (κ3) is 28.2. The molecule has 0 aromatic rings. The molecule has 0 aliphatic carbocycles. The zero-order valence-electron chi connectivity index (χ0n) is 46.2. The molecule has 75 heavy (non-hydrogen) atoms. The fourth-order valence-corrected chi connectivity index (χ4v) is 9.17. The highest BCUT2D eigenvalue weighted by Crippen LogP contribution is 2.36. The SMILES string of the molecule is CCC1OC(OCCCCC(=O)NCCCC[C@@H](NC(=O)CCCCOC2OC(COC(C)=O)C(C)C(C)C2C)C(=O)CCCCCCC(=O)NCCCCCCN=[N+]=[N-])C(NC(C)=O)C(OC(C)=O)C1OC(C)=O. The molecule has 0 radical (unpaired) electrons. The number of hydrogen-bond acceptors (Lipinski definition) is 16. The molecule has 0 spiro atoms. The first kappa shape index (κ1) is 66.2. The first-order valence-electron chi connectivity index (χ1n) is 27.5. The third-order valence-corrected chi connectivity index (χ3v) is 13.7. The van der Waals surface area contributed by atoms with Gasteiger partial charge in [-0.25, -0.2) is 0 Å². The van der Waals surface area contributed by atoms with Crippen molar-refractivity contribution in [2.45, 2.75) is 233 Å². The maximum Gasteiger partial charge on any atom is 0.303 e. The second kappa shape index (κ2) is 38.6. The van der Waals surface area contributed by atoms with E-state index in [2.05, 4.69) is 52.1 Å². The van der Waals surface area contributed by atoms with Crippen molar-refractivity contribution in [3.8, 4) is 0 Å². The van der Waals surface area contributed by atoms with Gasteiger partial charge in [0.2, 0.25) is 23.6 Å². The molecule has 0 aromatic carbocycles. The fourth-order valence-electron chi connectivity index (χ4n) is 9.17.